The third-order valence-corrected chi connectivity index (χ3v) is 6.47. The standard InChI is InChI=1S/C15H14N4O4.C10H11NO2/c1-7-2-5-12(20)19(7)11-4-3-9-8(16-11)6-10(23-9)13-14(21)18-15(22)17-13;1-11-6-7-3-4-8(13-2)5-9(7)10(11)12/h3-4,6-7,13H,2,5H2,1H3,(H2,17,18,21,22);3-5H,6H2,1-2H3. The smallest absolute Gasteiger partial charge is 0.322 e. The molecule has 0 aliphatic carbocycles. The van der Waals surface area contributed by atoms with Crippen molar-refractivity contribution < 1.29 is 28.3 Å². The number of ether oxygens (including phenoxy) is 1. The van der Waals surface area contributed by atoms with Crippen LogP contribution < -0.4 is 20.3 Å². The van der Waals surface area contributed by atoms with Crippen molar-refractivity contribution in [1.82, 2.24) is 20.5 Å². The fourth-order valence-corrected chi connectivity index (χ4v) is 4.56. The molecule has 2 saturated heterocycles. The zero-order valence-corrected chi connectivity index (χ0v) is 20.0. The van der Waals surface area contributed by atoms with Crippen molar-refractivity contribution >= 4 is 40.7 Å². The Kier molecular flexibility index (Phi) is 5.83. The zero-order chi connectivity index (χ0) is 25.6. The first-order valence-corrected chi connectivity index (χ1v) is 11.5. The third kappa shape index (κ3) is 4.12. The Morgan fingerprint density at radius 3 is 2.58 bits per heavy atom. The fraction of sp³-hybridized carbons (Fsp3) is 0.320. The van der Waals surface area contributed by atoms with Gasteiger partial charge < -0.3 is 19.4 Å². The van der Waals surface area contributed by atoms with Gasteiger partial charge in [-0.15, -0.1) is 0 Å². The summed E-state index contributed by atoms with van der Waals surface area (Å²) >= 11 is 0. The molecular weight excluding hydrogens is 466 g/mol. The molecule has 11 heteroatoms. The Morgan fingerprint density at radius 1 is 1.11 bits per heavy atom. The lowest BCUT2D eigenvalue weighted by Crippen LogP contribution is -2.31. The van der Waals surface area contributed by atoms with E-state index in [-0.39, 0.29) is 17.9 Å². The van der Waals surface area contributed by atoms with E-state index in [9.17, 15) is 19.2 Å². The molecule has 0 radical (unpaired) electrons. The number of imide groups is 1. The minimum atomic E-state index is -0.854. The summed E-state index contributed by atoms with van der Waals surface area (Å²) in [6.07, 6.45) is 1.33. The number of amides is 5. The highest BCUT2D eigenvalue weighted by Gasteiger charge is 2.34. The second-order valence-electron chi connectivity index (χ2n) is 8.93. The molecule has 11 nitrogen and oxygen atoms in total. The van der Waals surface area contributed by atoms with E-state index in [0.29, 0.717) is 35.6 Å². The van der Waals surface area contributed by atoms with Gasteiger partial charge in [0, 0.05) is 37.7 Å². The second kappa shape index (κ2) is 8.99. The Balaban J connectivity index is 0.000000174. The molecule has 36 heavy (non-hydrogen) atoms. The zero-order valence-electron chi connectivity index (χ0n) is 20.0. The monoisotopic (exact) mass is 491 g/mol. The van der Waals surface area contributed by atoms with Crippen LogP contribution >= 0.6 is 0 Å². The number of carbonyl (C=O) groups is 4. The molecular formula is C25H25N5O6. The van der Waals surface area contributed by atoms with Gasteiger partial charge in [-0.3, -0.25) is 24.6 Å². The largest absolute Gasteiger partial charge is 0.497 e. The van der Waals surface area contributed by atoms with E-state index in [1.807, 2.05) is 19.1 Å². The molecule has 2 aromatic heterocycles. The van der Waals surface area contributed by atoms with E-state index in [0.717, 1.165) is 23.3 Å². The van der Waals surface area contributed by atoms with Crippen LogP contribution in [0.5, 0.6) is 5.75 Å². The van der Waals surface area contributed by atoms with Gasteiger partial charge in [0.25, 0.3) is 11.8 Å². The summed E-state index contributed by atoms with van der Waals surface area (Å²) in [5.41, 5.74) is 2.88. The molecule has 2 atom stereocenters. The van der Waals surface area contributed by atoms with Gasteiger partial charge in [-0.05, 0) is 43.2 Å². The molecule has 0 bridgehead atoms. The highest BCUT2D eigenvalue weighted by molar-refractivity contribution is 6.04. The summed E-state index contributed by atoms with van der Waals surface area (Å²) < 4.78 is 10.7. The molecule has 3 aliphatic heterocycles. The highest BCUT2D eigenvalue weighted by Crippen LogP contribution is 2.30. The molecule has 186 valence electrons. The van der Waals surface area contributed by atoms with Crippen LogP contribution in [0.4, 0.5) is 10.6 Å². The lowest BCUT2D eigenvalue weighted by Gasteiger charge is -2.20. The van der Waals surface area contributed by atoms with Crippen molar-refractivity contribution in [2.45, 2.75) is 38.4 Å². The number of pyridine rings is 1. The van der Waals surface area contributed by atoms with Crippen molar-refractivity contribution in [3.63, 3.8) is 0 Å². The van der Waals surface area contributed by atoms with Crippen LogP contribution in [0, 0.1) is 0 Å². The Morgan fingerprint density at radius 2 is 1.92 bits per heavy atom. The van der Waals surface area contributed by atoms with Crippen LogP contribution in [0.1, 0.15) is 47.5 Å². The lowest BCUT2D eigenvalue weighted by molar-refractivity contribution is -0.120. The number of rotatable bonds is 3. The number of furan rings is 1. The van der Waals surface area contributed by atoms with Crippen LogP contribution in [0.2, 0.25) is 0 Å². The van der Waals surface area contributed by atoms with E-state index in [1.165, 1.54) is 0 Å². The highest BCUT2D eigenvalue weighted by atomic mass is 16.5. The molecule has 2 N–H and O–H groups in total. The van der Waals surface area contributed by atoms with Gasteiger partial charge in [-0.2, -0.15) is 0 Å². The average molecular weight is 492 g/mol. The number of methoxy groups -OCH3 is 1. The van der Waals surface area contributed by atoms with E-state index < -0.39 is 18.0 Å². The van der Waals surface area contributed by atoms with Crippen LogP contribution in [0.15, 0.2) is 40.8 Å². The van der Waals surface area contributed by atoms with E-state index in [4.69, 9.17) is 9.15 Å². The maximum Gasteiger partial charge on any atom is 0.322 e. The Labute approximate surface area is 206 Å². The number of hydrogen-bond acceptors (Lipinski definition) is 7. The first kappa shape index (κ1) is 23.3. The second-order valence-corrected chi connectivity index (χ2v) is 8.93. The van der Waals surface area contributed by atoms with Crippen LogP contribution in [-0.4, -0.2) is 53.8 Å². The SMILES string of the molecule is CC1CCC(=O)N1c1ccc2oc(C3NC(=O)NC3=O)cc2n1.COc1ccc2c(c1)C(=O)N(C)C2. The van der Waals surface area contributed by atoms with Gasteiger partial charge >= 0.3 is 6.03 Å². The molecule has 6 rings (SSSR count). The number of nitrogens with one attached hydrogen (secondary N) is 2. The molecule has 2 fully saturated rings. The summed E-state index contributed by atoms with van der Waals surface area (Å²) in [7, 11) is 3.40. The first-order valence-electron chi connectivity index (χ1n) is 11.5. The predicted octanol–water partition coefficient (Wildman–Crippen LogP) is 2.50. The van der Waals surface area contributed by atoms with Gasteiger partial charge in [0.05, 0.1) is 7.11 Å². The molecule has 3 aliphatic rings. The Bertz CT molecular complexity index is 1400. The first-order chi connectivity index (χ1) is 17.2. The molecule has 0 saturated carbocycles. The van der Waals surface area contributed by atoms with Crippen molar-refractivity contribution in [3.05, 3.63) is 53.3 Å². The van der Waals surface area contributed by atoms with Crippen LogP contribution in [0.25, 0.3) is 11.1 Å². The van der Waals surface area contributed by atoms with E-state index in [1.54, 1.807) is 48.2 Å². The topological polar surface area (TPSA) is 134 Å². The molecule has 0 spiro atoms. The van der Waals surface area contributed by atoms with Gasteiger partial charge in [-0.1, -0.05) is 6.07 Å². The van der Waals surface area contributed by atoms with Gasteiger partial charge in [0.2, 0.25) is 5.91 Å². The summed E-state index contributed by atoms with van der Waals surface area (Å²) in [6, 6.07) is 9.37. The molecule has 5 heterocycles. The summed E-state index contributed by atoms with van der Waals surface area (Å²) in [5.74, 6) is 1.29. The third-order valence-electron chi connectivity index (χ3n) is 6.47. The number of fused-ring (bicyclic) bond motifs is 2. The normalized spacial score (nSPS) is 20.9. The number of carbonyl (C=O) groups excluding carboxylic acids is 4. The number of nitrogens with zero attached hydrogens (tertiary/aromatic N) is 3. The summed E-state index contributed by atoms with van der Waals surface area (Å²) in [5, 5.41) is 4.63. The number of benzene rings is 1. The van der Waals surface area contributed by atoms with Crippen molar-refractivity contribution in [1.29, 1.82) is 0 Å². The van der Waals surface area contributed by atoms with E-state index >= 15 is 0 Å². The predicted molar refractivity (Wildman–Crippen MR) is 128 cm³/mol. The molecule has 2 unspecified atom stereocenters. The molecule has 3 aromatic rings. The number of urea groups is 1. The lowest BCUT2D eigenvalue weighted by atomic mass is 10.1. The van der Waals surface area contributed by atoms with Crippen molar-refractivity contribution in [2.24, 2.45) is 0 Å². The van der Waals surface area contributed by atoms with Crippen LogP contribution in [0.3, 0.4) is 0 Å². The Hall–Kier alpha value is -4.41. The van der Waals surface area contributed by atoms with Crippen molar-refractivity contribution in [3.8, 4) is 5.75 Å². The van der Waals surface area contributed by atoms with Gasteiger partial charge in [-0.25, -0.2) is 9.78 Å². The minimum absolute atomic E-state index is 0.0514. The van der Waals surface area contributed by atoms with E-state index in [2.05, 4.69) is 15.6 Å². The summed E-state index contributed by atoms with van der Waals surface area (Å²) in [4.78, 5) is 54.3. The number of hydrogen-bond donors (Lipinski definition) is 2. The maximum absolute atomic E-state index is 12.0. The summed E-state index contributed by atoms with van der Waals surface area (Å²) in [6.45, 7) is 2.69. The van der Waals surface area contributed by atoms with Gasteiger partial charge in [0.15, 0.2) is 11.6 Å². The quantitative estimate of drug-likeness (QED) is 0.538. The average Bonchev–Trinajstić information content (AvgIpc) is 3.59. The molecule has 1 aromatic carbocycles. The van der Waals surface area contributed by atoms with Gasteiger partial charge in [0.1, 0.15) is 22.8 Å². The minimum Gasteiger partial charge on any atom is -0.497 e. The number of aromatic nitrogens is 1. The molecule has 5 amide bonds. The maximum atomic E-state index is 12.0. The number of anilines is 1. The fourth-order valence-electron chi connectivity index (χ4n) is 4.56. The van der Waals surface area contributed by atoms with Crippen LogP contribution in [-0.2, 0) is 16.1 Å². The van der Waals surface area contributed by atoms with Crippen molar-refractivity contribution in [2.75, 3.05) is 19.1 Å².